The van der Waals surface area contributed by atoms with Crippen LogP contribution in [0.2, 0.25) is 0 Å². The minimum atomic E-state index is -1.57. The van der Waals surface area contributed by atoms with Crippen molar-refractivity contribution in [2.24, 2.45) is 16.8 Å². The van der Waals surface area contributed by atoms with E-state index in [2.05, 4.69) is 26.3 Å². The third-order valence-corrected chi connectivity index (χ3v) is 16.4. The molecule has 5 atom stereocenters. The second-order valence-corrected chi connectivity index (χ2v) is 23.7. The Balaban J connectivity index is 0.775. The van der Waals surface area contributed by atoms with Crippen molar-refractivity contribution in [3.8, 4) is 23.0 Å². The normalized spacial score (nSPS) is 18.2. The summed E-state index contributed by atoms with van der Waals surface area (Å²) < 4.78 is 51.7. The Morgan fingerprint density at radius 2 is 1.28 bits per heavy atom. The molecule has 1 saturated carbocycles. The molecule has 508 valence electrons. The summed E-state index contributed by atoms with van der Waals surface area (Å²) >= 11 is 0. The van der Waals surface area contributed by atoms with Gasteiger partial charge in [0.05, 0.1) is 115 Å². The van der Waals surface area contributed by atoms with Gasteiger partial charge in [-0.3, -0.25) is 33.8 Å². The molecule has 5 N–H and O–H groups in total. The van der Waals surface area contributed by atoms with Crippen molar-refractivity contribution in [1.29, 1.82) is 0 Å². The largest absolute Gasteiger partial charge is 0.493 e. The van der Waals surface area contributed by atoms with Crippen LogP contribution in [0.25, 0.3) is 0 Å². The molecule has 1 aliphatic carbocycles. The molecule has 25 heteroatoms. The molecular formula is C69H90N8O17. The van der Waals surface area contributed by atoms with Crippen molar-refractivity contribution in [3.63, 3.8) is 0 Å². The number of carbonyl (C=O) groups excluding carboxylic acids is 7. The maximum absolute atomic E-state index is 14.4. The Morgan fingerprint density at radius 1 is 0.681 bits per heavy atom. The molecule has 7 amide bonds. The second kappa shape index (κ2) is 35.6. The molecular weight excluding hydrogens is 1210 g/mol. The molecule has 8 rings (SSSR count). The number of hydrogen-bond acceptors (Lipinski definition) is 18. The fraction of sp³-hybridized carbons (Fsp3) is 0.507. The molecule has 3 aromatic carbocycles. The summed E-state index contributed by atoms with van der Waals surface area (Å²) in [6, 6.07) is 9.67. The molecule has 3 aromatic rings. The van der Waals surface area contributed by atoms with Crippen molar-refractivity contribution in [2.45, 2.75) is 129 Å². The Bertz CT molecular complexity index is 3290. The molecule has 0 spiro atoms. The number of aliphatic imine (C=N–C) groups is 1. The summed E-state index contributed by atoms with van der Waals surface area (Å²) in [6.07, 6.45) is 16.8. The van der Waals surface area contributed by atoms with E-state index in [4.69, 9.17) is 42.6 Å². The predicted octanol–water partition coefficient (Wildman–Crippen LogP) is 7.83. The monoisotopic (exact) mass is 1300 g/mol. The maximum Gasteiger partial charge on any atom is 0.416 e. The van der Waals surface area contributed by atoms with Gasteiger partial charge in [0, 0.05) is 62.2 Å². The van der Waals surface area contributed by atoms with Crippen molar-refractivity contribution < 1.29 is 81.3 Å². The first-order valence-corrected chi connectivity index (χ1v) is 32.3. The van der Waals surface area contributed by atoms with Gasteiger partial charge < -0.3 is 78.8 Å². The number of carbonyl (C=O) groups is 7. The molecule has 0 radical (unpaired) electrons. The number of methoxy groups -OCH3 is 2. The smallest absolute Gasteiger partial charge is 0.416 e. The molecule has 1 fully saturated rings. The highest BCUT2D eigenvalue weighted by Gasteiger charge is 2.46. The summed E-state index contributed by atoms with van der Waals surface area (Å²) in [6.45, 7) is 11.9. The zero-order valence-electron chi connectivity index (χ0n) is 54.8. The number of aliphatic hydroxyl groups is 1. The van der Waals surface area contributed by atoms with E-state index in [1.165, 1.54) is 51.0 Å². The van der Waals surface area contributed by atoms with Gasteiger partial charge in [0.2, 0.25) is 23.6 Å². The van der Waals surface area contributed by atoms with E-state index in [1.807, 2.05) is 44.4 Å². The van der Waals surface area contributed by atoms with Gasteiger partial charge in [0.1, 0.15) is 18.7 Å². The Kier molecular flexibility index (Phi) is 27.0. The highest BCUT2D eigenvalue weighted by Crippen LogP contribution is 2.43. The van der Waals surface area contributed by atoms with Gasteiger partial charge >= 0.3 is 6.09 Å². The number of fused-ring (bicyclic) bond motifs is 4. The molecule has 0 aromatic heterocycles. The van der Waals surface area contributed by atoms with Gasteiger partial charge in [0.25, 0.3) is 11.8 Å². The van der Waals surface area contributed by atoms with Crippen molar-refractivity contribution in [3.05, 3.63) is 113 Å². The number of benzene rings is 3. The number of anilines is 2. The first kappa shape index (κ1) is 71.2. The fourth-order valence-electron chi connectivity index (χ4n) is 11.5. The number of aliphatic hydroxyl groups excluding tert-OH is 1. The molecule has 0 saturated heterocycles. The van der Waals surface area contributed by atoms with E-state index in [0.29, 0.717) is 105 Å². The topological polar surface area (TPSA) is 293 Å². The Morgan fingerprint density at radius 3 is 1.91 bits per heavy atom. The lowest BCUT2D eigenvalue weighted by Gasteiger charge is -2.31. The summed E-state index contributed by atoms with van der Waals surface area (Å²) in [5, 5.41) is 23.2. The standard InChI is InChI=1S/C69H90N8O17/c1-8-13-48-33-51-40-71-54-38-59(57(86-6)36-52(54)66(82)75(51)41-48)92-23-12-24-93-60-39-55-53(37-58(60)87-7)67(83)76-42-49(14-9-2)34-56(76)68(84)77(55)69(85)94-43-47-17-19-50(20-18-47)73-64(80)45(5)72-65(81)63(44(3)4)74-61(78)21-25-88-27-29-90-31-32-91-30-28-89-26-22-70-62(79)35-46-15-10-11-16-46/h8-9,13-14,17-20,36-42,44-46,51,56,63,68,84H,10-12,15-16,21-35,43H2,1-7H3,(H,70,79)(H,72,81)(H,73,80)(H,74,78)/b13-8+,14-9+/t45-,51-,56-,63-,68-/m0/s1. The zero-order valence-corrected chi connectivity index (χ0v) is 54.8. The van der Waals surface area contributed by atoms with Crippen LogP contribution in [0.1, 0.15) is 119 Å². The van der Waals surface area contributed by atoms with E-state index in [1.54, 1.807) is 67.6 Å². The van der Waals surface area contributed by atoms with Crippen LogP contribution in [-0.4, -0.2) is 180 Å². The Labute approximate surface area is 549 Å². The lowest BCUT2D eigenvalue weighted by molar-refractivity contribution is -0.132. The second-order valence-electron chi connectivity index (χ2n) is 23.7. The fourth-order valence-corrected chi connectivity index (χ4v) is 11.5. The van der Waals surface area contributed by atoms with Crippen molar-refractivity contribution in [2.75, 3.05) is 97.0 Å². The third kappa shape index (κ3) is 19.5. The van der Waals surface area contributed by atoms with Gasteiger partial charge in [-0.05, 0) is 99.3 Å². The molecule has 4 heterocycles. The first-order chi connectivity index (χ1) is 45.5. The number of nitrogens with one attached hydrogen (secondary N) is 4. The molecule has 0 bridgehead atoms. The number of ether oxygens (including phenoxy) is 9. The SMILES string of the molecule is C/C=C/C1=CN2C(=O)c3cc(OC)c(OCCCOc4cc5c(cc4OC)C(=O)N4C=C(/C=C/C)C[C@H]4[C@H](O)N5C(=O)OCc4ccc(NC(=O)[C@H](C)NC(=O)[C@@H](NC(=O)CCOCCOCCOCCOCCNC(=O)CC5CCCC5)C(C)C)cc4)cc3N=C[C@@H]2C1. The third-order valence-electron chi connectivity index (χ3n) is 16.4. The van der Waals surface area contributed by atoms with Gasteiger partial charge in [-0.2, -0.15) is 0 Å². The number of nitrogens with zero attached hydrogens (tertiary/aromatic N) is 4. The lowest BCUT2D eigenvalue weighted by atomic mass is 10.0. The summed E-state index contributed by atoms with van der Waals surface area (Å²) in [5.41, 5.74) is 3.60. The van der Waals surface area contributed by atoms with E-state index < -0.39 is 54.1 Å². The number of amides is 7. The van der Waals surface area contributed by atoms with Crippen molar-refractivity contribution in [1.82, 2.24) is 25.8 Å². The van der Waals surface area contributed by atoms with Crippen LogP contribution in [0.15, 0.2) is 101 Å². The van der Waals surface area contributed by atoms with Crippen LogP contribution in [0.3, 0.4) is 0 Å². The minimum Gasteiger partial charge on any atom is -0.493 e. The number of hydrogen-bond donors (Lipinski definition) is 5. The summed E-state index contributed by atoms with van der Waals surface area (Å²) in [4.78, 5) is 103. The van der Waals surface area contributed by atoms with Crippen LogP contribution >= 0.6 is 0 Å². The van der Waals surface area contributed by atoms with Gasteiger partial charge in [-0.15, -0.1) is 0 Å². The van der Waals surface area contributed by atoms with Crippen LogP contribution in [-0.2, 0) is 49.5 Å². The summed E-state index contributed by atoms with van der Waals surface area (Å²) in [7, 11) is 2.92. The molecule has 5 aliphatic rings. The maximum atomic E-state index is 14.4. The van der Waals surface area contributed by atoms with Gasteiger partial charge in [-0.25, -0.2) is 9.69 Å². The minimum absolute atomic E-state index is 0.000222. The van der Waals surface area contributed by atoms with Gasteiger partial charge in [-0.1, -0.05) is 63.1 Å². The molecule has 0 unspecified atom stereocenters. The molecule has 25 nitrogen and oxygen atoms in total. The molecule has 4 aliphatic heterocycles. The van der Waals surface area contributed by atoms with E-state index in [0.717, 1.165) is 28.9 Å². The van der Waals surface area contributed by atoms with Crippen LogP contribution in [0.5, 0.6) is 23.0 Å². The zero-order chi connectivity index (χ0) is 67.1. The highest BCUT2D eigenvalue weighted by atomic mass is 16.6. The van der Waals surface area contributed by atoms with Crippen LogP contribution in [0, 0.1) is 11.8 Å². The number of allylic oxidation sites excluding steroid dienone is 4. The quantitative estimate of drug-likeness (QED) is 0.0351. The van der Waals surface area contributed by atoms with Crippen LogP contribution < -0.4 is 45.1 Å². The first-order valence-electron chi connectivity index (χ1n) is 32.3. The average molecular weight is 1300 g/mol. The van der Waals surface area contributed by atoms with E-state index in [9.17, 15) is 38.7 Å². The van der Waals surface area contributed by atoms with Crippen molar-refractivity contribution >= 4 is 64.8 Å². The predicted molar refractivity (Wildman–Crippen MR) is 350 cm³/mol. The van der Waals surface area contributed by atoms with Crippen LogP contribution in [0.4, 0.5) is 21.9 Å². The average Bonchev–Trinajstić information content (AvgIpc) is 1.58. The Hall–Kier alpha value is -8.62. The molecule has 94 heavy (non-hydrogen) atoms. The lowest BCUT2D eigenvalue weighted by Crippen LogP contribution is -2.53. The highest BCUT2D eigenvalue weighted by molar-refractivity contribution is 6.07. The summed E-state index contributed by atoms with van der Waals surface area (Å²) in [5.74, 6) is -0.758. The van der Waals surface area contributed by atoms with E-state index in [-0.39, 0.29) is 92.4 Å². The van der Waals surface area contributed by atoms with Gasteiger partial charge in [0.15, 0.2) is 29.2 Å². The van der Waals surface area contributed by atoms with E-state index >= 15 is 0 Å². The number of rotatable bonds is 35.